The fourth-order valence-corrected chi connectivity index (χ4v) is 3.39. The van der Waals surface area contributed by atoms with E-state index in [-0.39, 0.29) is 17.5 Å². The van der Waals surface area contributed by atoms with Crippen LogP contribution in [0, 0.1) is 5.41 Å². The van der Waals surface area contributed by atoms with E-state index in [0.717, 1.165) is 33.1 Å². The molecule has 0 saturated carbocycles. The molecule has 3 rings (SSSR count). The first kappa shape index (κ1) is 15.3. The van der Waals surface area contributed by atoms with Crippen molar-refractivity contribution in [1.29, 1.82) is 0 Å². The van der Waals surface area contributed by atoms with Gasteiger partial charge in [-0.25, -0.2) is 9.59 Å². The number of imidazole rings is 1. The lowest BCUT2D eigenvalue weighted by atomic mass is 9.93. The molecule has 0 saturated heterocycles. The van der Waals surface area contributed by atoms with E-state index in [1.807, 2.05) is 32.9 Å². The third kappa shape index (κ3) is 2.72. The Hall–Kier alpha value is -1.56. The molecule has 0 fully saturated rings. The summed E-state index contributed by atoms with van der Waals surface area (Å²) in [5, 5.41) is 0. The SMILES string of the molecule is CC(C)(C)CC(=O)On1c(=O)n2c3c(cc(Br)cc31)CCC2. The number of benzene rings is 1. The maximum absolute atomic E-state index is 12.6. The molecule has 0 amide bonds. The molecule has 22 heavy (non-hydrogen) atoms. The topological polar surface area (TPSA) is 53.2 Å². The van der Waals surface area contributed by atoms with Crippen LogP contribution in [0.5, 0.6) is 0 Å². The fourth-order valence-electron chi connectivity index (χ4n) is 2.90. The van der Waals surface area contributed by atoms with E-state index in [4.69, 9.17) is 4.84 Å². The van der Waals surface area contributed by atoms with Crippen LogP contribution < -0.4 is 10.5 Å². The van der Waals surface area contributed by atoms with E-state index in [1.165, 1.54) is 0 Å². The van der Waals surface area contributed by atoms with Crippen LogP contribution in [0.15, 0.2) is 21.4 Å². The molecule has 1 aromatic heterocycles. The third-order valence-electron chi connectivity index (χ3n) is 3.72. The number of carbonyl (C=O) groups is 1. The maximum atomic E-state index is 12.6. The summed E-state index contributed by atoms with van der Waals surface area (Å²) in [6.45, 7) is 6.54. The summed E-state index contributed by atoms with van der Waals surface area (Å²) in [5.74, 6) is -0.394. The predicted molar refractivity (Wildman–Crippen MR) is 87.9 cm³/mol. The molecule has 0 bridgehead atoms. The van der Waals surface area contributed by atoms with Gasteiger partial charge in [0.05, 0.1) is 11.9 Å². The molecule has 6 heteroatoms. The number of halogens is 1. The van der Waals surface area contributed by atoms with Crippen LogP contribution in [0.4, 0.5) is 0 Å². The zero-order valence-electron chi connectivity index (χ0n) is 13.0. The van der Waals surface area contributed by atoms with E-state index in [9.17, 15) is 9.59 Å². The second-order valence-corrected chi connectivity index (χ2v) is 7.88. The van der Waals surface area contributed by atoms with Crippen molar-refractivity contribution in [1.82, 2.24) is 9.30 Å². The predicted octanol–water partition coefficient (Wildman–Crippen LogP) is 2.90. The standard InChI is InChI=1S/C16H19BrN2O3/c1-16(2,3)9-13(20)22-19-12-8-11(17)7-10-5-4-6-18(14(10)12)15(19)21/h7-8H,4-6,9H2,1-3H3. The quantitative estimate of drug-likeness (QED) is 0.820. The zero-order chi connectivity index (χ0) is 16.1. The van der Waals surface area contributed by atoms with Gasteiger partial charge in [0.25, 0.3) is 0 Å². The first-order valence-electron chi connectivity index (χ1n) is 7.41. The average Bonchev–Trinajstić information content (AvgIpc) is 2.64. The lowest BCUT2D eigenvalue weighted by Gasteiger charge is -2.16. The lowest BCUT2D eigenvalue weighted by molar-refractivity contribution is -0.146. The summed E-state index contributed by atoms with van der Waals surface area (Å²) < 4.78 is 3.73. The molecular weight excluding hydrogens is 348 g/mol. The molecule has 1 aliphatic heterocycles. The molecular formula is C16H19BrN2O3. The Bertz CT molecular complexity index is 811. The van der Waals surface area contributed by atoms with Crippen molar-refractivity contribution in [3.8, 4) is 0 Å². The van der Waals surface area contributed by atoms with E-state index in [1.54, 1.807) is 4.57 Å². The van der Waals surface area contributed by atoms with Crippen molar-refractivity contribution in [3.05, 3.63) is 32.7 Å². The number of carbonyl (C=O) groups excluding carboxylic acids is 1. The summed E-state index contributed by atoms with van der Waals surface area (Å²) in [7, 11) is 0. The number of nitrogens with zero attached hydrogens (tertiary/aromatic N) is 2. The molecule has 1 aliphatic rings. The number of hydrogen-bond donors (Lipinski definition) is 0. The Balaban J connectivity index is 2.09. The highest BCUT2D eigenvalue weighted by atomic mass is 79.9. The van der Waals surface area contributed by atoms with Gasteiger partial charge in [0.15, 0.2) is 0 Å². The van der Waals surface area contributed by atoms with E-state index >= 15 is 0 Å². The van der Waals surface area contributed by atoms with Crippen molar-refractivity contribution >= 4 is 32.9 Å². The summed E-state index contributed by atoms with van der Waals surface area (Å²) >= 11 is 3.47. The van der Waals surface area contributed by atoms with Crippen LogP contribution in [0.2, 0.25) is 0 Å². The number of rotatable bonds is 2. The highest BCUT2D eigenvalue weighted by molar-refractivity contribution is 9.10. The highest BCUT2D eigenvalue weighted by Gasteiger charge is 2.24. The van der Waals surface area contributed by atoms with Gasteiger partial charge in [-0.05, 0) is 36.0 Å². The third-order valence-corrected chi connectivity index (χ3v) is 4.18. The van der Waals surface area contributed by atoms with Gasteiger partial charge in [0, 0.05) is 11.0 Å². The van der Waals surface area contributed by atoms with Gasteiger partial charge in [-0.15, -0.1) is 4.73 Å². The van der Waals surface area contributed by atoms with Crippen LogP contribution in [0.3, 0.4) is 0 Å². The Morgan fingerprint density at radius 2 is 2.09 bits per heavy atom. The minimum Gasteiger partial charge on any atom is -0.332 e. The smallest absolute Gasteiger partial charge is 0.332 e. The van der Waals surface area contributed by atoms with Gasteiger partial charge in [0.1, 0.15) is 5.52 Å². The second-order valence-electron chi connectivity index (χ2n) is 6.97. The van der Waals surface area contributed by atoms with Gasteiger partial charge in [-0.3, -0.25) is 4.57 Å². The summed E-state index contributed by atoms with van der Waals surface area (Å²) in [6, 6.07) is 3.85. The fraction of sp³-hybridized carbons (Fsp3) is 0.500. The van der Waals surface area contributed by atoms with E-state index in [0.29, 0.717) is 12.1 Å². The molecule has 0 N–H and O–H groups in total. The highest BCUT2D eigenvalue weighted by Crippen LogP contribution is 2.28. The molecule has 2 aromatic rings. The Morgan fingerprint density at radius 3 is 2.77 bits per heavy atom. The number of aryl methyl sites for hydroxylation is 2. The van der Waals surface area contributed by atoms with Crippen LogP contribution in [-0.2, 0) is 17.8 Å². The van der Waals surface area contributed by atoms with Gasteiger partial charge in [-0.1, -0.05) is 36.7 Å². The van der Waals surface area contributed by atoms with Gasteiger partial charge in [0.2, 0.25) is 0 Å². The summed E-state index contributed by atoms with van der Waals surface area (Å²) in [5.41, 5.74) is 2.17. The summed E-state index contributed by atoms with van der Waals surface area (Å²) in [4.78, 5) is 30.0. The monoisotopic (exact) mass is 366 g/mol. The average molecular weight is 367 g/mol. The van der Waals surface area contributed by atoms with Gasteiger partial charge >= 0.3 is 11.7 Å². The molecule has 0 radical (unpaired) electrons. The van der Waals surface area contributed by atoms with Gasteiger partial charge < -0.3 is 4.84 Å². The molecule has 0 aliphatic carbocycles. The Morgan fingerprint density at radius 1 is 1.36 bits per heavy atom. The van der Waals surface area contributed by atoms with Crippen LogP contribution >= 0.6 is 15.9 Å². The van der Waals surface area contributed by atoms with E-state index < -0.39 is 5.97 Å². The largest absolute Gasteiger partial charge is 0.362 e. The minimum atomic E-state index is -0.394. The molecule has 0 atom stereocenters. The number of hydrogen-bond acceptors (Lipinski definition) is 3. The molecule has 5 nitrogen and oxygen atoms in total. The van der Waals surface area contributed by atoms with Crippen molar-refractivity contribution in [3.63, 3.8) is 0 Å². The second kappa shape index (κ2) is 5.26. The molecule has 1 aromatic carbocycles. The Labute approximate surface area is 136 Å². The molecule has 118 valence electrons. The maximum Gasteiger partial charge on any atom is 0.362 e. The normalized spacial score (nSPS) is 14.4. The Kier molecular flexibility index (Phi) is 3.67. The minimum absolute atomic E-state index is 0.182. The molecule has 2 heterocycles. The van der Waals surface area contributed by atoms with E-state index in [2.05, 4.69) is 15.9 Å². The zero-order valence-corrected chi connectivity index (χ0v) is 14.6. The molecule has 0 unspecified atom stereocenters. The van der Waals surface area contributed by atoms with Gasteiger partial charge in [-0.2, -0.15) is 0 Å². The number of aromatic nitrogens is 2. The van der Waals surface area contributed by atoms with Crippen LogP contribution in [0.1, 0.15) is 39.2 Å². The van der Waals surface area contributed by atoms with Crippen molar-refractivity contribution in [2.45, 2.75) is 46.6 Å². The first-order chi connectivity index (χ1) is 10.3. The van der Waals surface area contributed by atoms with Crippen molar-refractivity contribution < 1.29 is 9.63 Å². The van der Waals surface area contributed by atoms with Crippen LogP contribution in [0.25, 0.3) is 11.0 Å². The first-order valence-corrected chi connectivity index (χ1v) is 8.20. The van der Waals surface area contributed by atoms with Crippen molar-refractivity contribution in [2.75, 3.05) is 0 Å². The van der Waals surface area contributed by atoms with Crippen LogP contribution in [-0.4, -0.2) is 15.3 Å². The summed E-state index contributed by atoms with van der Waals surface area (Å²) in [6.07, 6.45) is 2.10. The lowest BCUT2D eigenvalue weighted by Crippen LogP contribution is -2.34. The van der Waals surface area contributed by atoms with Crippen molar-refractivity contribution in [2.24, 2.45) is 5.41 Å². The molecule has 0 spiro atoms.